The highest BCUT2D eigenvalue weighted by atomic mass is 16.4. The number of nitrogens with zero attached hydrogens (tertiary/aromatic N) is 2. The van der Waals surface area contributed by atoms with Gasteiger partial charge in [0.1, 0.15) is 6.04 Å². The van der Waals surface area contributed by atoms with Crippen molar-refractivity contribution in [2.45, 2.75) is 39.2 Å². The van der Waals surface area contributed by atoms with Crippen LogP contribution in [0.3, 0.4) is 0 Å². The maximum Gasteiger partial charge on any atom is 0.325 e. The van der Waals surface area contributed by atoms with Gasteiger partial charge in [-0.1, -0.05) is 18.2 Å². The van der Waals surface area contributed by atoms with Crippen LogP contribution in [-0.2, 0) is 17.6 Å². The van der Waals surface area contributed by atoms with Crippen molar-refractivity contribution in [3.8, 4) is 5.69 Å². The smallest absolute Gasteiger partial charge is 0.325 e. The number of carboxylic acids is 1. The molecule has 0 saturated carbocycles. The van der Waals surface area contributed by atoms with Crippen LogP contribution in [0, 0.1) is 6.92 Å². The van der Waals surface area contributed by atoms with E-state index in [4.69, 9.17) is 5.11 Å². The van der Waals surface area contributed by atoms with Crippen molar-refractivity contribution < 1.29 is 14.7 Å². The van der Waals surface area contributed by atoms with Gasteiger partial charge in [-0.25, -0.2) is 4.68 Å². The highest BCUT2D eigenvalue weighted by Crippen LogP contribution is 2.28. The van der Waals surface area contributed by atoms with Gasteiger partial charge in [0.15, 0.2) is 5.69 Å². The van der Waals surface area contributed by atoms with Crippen molar-refractivity contribution >= 4 is 11.9 Å². The Bertz CT molecular complexity index is 779. The minimum atomic E-state index is -1.06. The topological polar surface area (TPSA) is 84.2 Å². The van der Waals surface area contributed by atoms with Gasteiger partial charge in [0.05, 0.1) is 5.69 Å². The molecule has 0 saturated heterocycles. The number of carboxylic acid groups (broad SMARTS) is 1. The molecular formula is C17H19N3O3. The molecule has 3 rings (SSSR count). The third kappa shape index (κ3) is 2.72. The first-order chi connectivity index (χ1) is 11.0. The van der Waals surface area contributed by atoms with Crippen LogP contribution in [0.25, 0.3) is 5.69 Å². The van der Waals surface area contributed by atoms with E-state index in [1.165, 1.54) is 6.92 Å². The van der Waals surface area contributed by atoms with E-state index in [2.05, 4.69) is 10.4 Å². The number of aliphatic carboxylic acids is 1. The predicted octanol–water partition coefficient (Wildman–Crippen LogP) is 1.87. The Balaban J connectivity index is 2.01. The monoisotopic (exact) mass is 313 g/mol. The zero-order valence-electron chi connectivity index (χ0n) is 13.2. The van der Waals surface area contributed by atoms with Gasteiger partial charge in [0, 0.05) is 11.3 Å². The number of benzene rings is 1. The molecule has 0 bridgehead atoms. The summed E-state index contributed by atoms with van der Waals surface area (Å²) in [5.41, 5.74) is 4.36. The first-order valence-corrected chi connectivity index (χ1v) is 7.69. The van der Waals surface area contributed by atoms with Crippen molar-refractivity contribution in [3.05, 3.63) is 46.8 Å². The Kier molecular flexibility index (Phi) is 3.90. The summed E-state index contributed by atoms with van der Waals surface area (Å²) in [7, 11) is 0. The Hall–Kier alpha value is -2.63. The zero-order chi connectivity index (χ0) is 16.6. The number of aromatic nitrogens is 2. The van der Waals surface area contributed by atoms with Gasteiger partial charge in [-0.15, -0.1) is 0 Å². The largest absolute Gasteiger partial charge is 0.480 e. The van der Waals surface area contributed by atoms with Crippen LogP contribution in [0.5, 0.6) is 0 Å². The first kappa shape index (κ1) is 15.3. The lowest BCUT2D eigenvalue weighted by molar-refractivity contribution is -0.138. The summed E-state index contributed by atoms with van der Waals surface area (Å²) in [5, 5.41) is 15.9. The van der Waals surface area contributed by atoms with E-state index in [1.54, 1.807) is 0 Å². The van der Waals surface area contributed by atoms with Gasteiger partial charge < -0.3 is 10.4 Å². The maximum atomic E-state index is 12.4. The Morgan fingerprint density at radius 3 is 2.74 bits per heavy atom. The van der Waals surface area contributed by atoms with E-state index < -0.39 is 17.9 Å². The minimum Gasteiger partial charge on any atom is -0.480 e. The standard InChI is InChI=1S/C17H19N3O3/c1-10-6-3-4-8-13(10)20-14-9-5-7-12(14)15(19-20)16(21)18-11(2)17(22)23/h3-4,6,8,11H,5,7,9H2,1-2H3,(H,18,21)(H,22,23). The number of nitrogens with one attached hydrogen (secondary N) is 1. The number of carbonyl (C=O) groups excluding carboxylic acids is 1. The number of amides is 1. The lowest BCUT2D eigenvalue weighted by Crippen LogP contribution is -2.38. The zero-order valence-corrected chi connectivity index (χ0v) is 13.2. The summed E-state index contributed by atoms with van der Waals surface area (Å²) >= 11 is 0. The van der Waals surface area contributed by atoms with Crippen LogP contribution in [0.1, 0.15) is 40.7 Å². The summed E-state index contributed by atoms with van der Waals surface area (Å²) in [6, 6.07) is 6.94. The van der Waals surface area contributed by atoms with Crippen LogP contribution in [0.15, 0.2) is 24.3 Å². The van der Waals surface area contributed by atoms with Crippen LogP contribution in [-0.4, -0.2) is 32.8 Å². The molecule has 6 nitrogen and oxygen atoms in total. The maximum absolute atomic E-state index is 12.4. The Morgan fingerprint density at radius 2 is 2.04 bits per heavy atom. The molecule has 120 valence electrons. The van der Waals surface area contributed by atoms with E-state index in [0.717, 1.165) is 41.8 Å². The highest BCUT2D eigenvalue weighted by Gasteiger charge is 2.28. The first-order valence-electron chi connectivity index (χ1n) is 7.69. The molecule has 1 amide bonds. The second-order valence-electron chi connectivity index (χ2n) is 5.86. The van der Waals surface area contributed by atoms with E-state index in [1.807, 2.05) is 35.9 Å². The lowest BCUT2D eigenvalue weighted by atomic mass is 10.1. The van der Waals surface area contributed by atoms with E-state index in [0.29, 0.717) is 5.69 Å². The lowest BCUT2D eigenvalue weighted by Gasteiger charge is -2.09. The van der Waals surface area contributed by atoms with Gasteiger partial charge in [0.25, 0.3) is 5.91 Å². The van der Waals surface area contributed by atoms with Gasteiger partial charge in [0.2, 0.25) is 0 Å². The number of para-hydroxylation sites is 1. The van der Waals surface area contributed by atoms with Crippen LogP contribution in [0.4, 0.5) is 0 Å². The van der Waals surface area contributed by atoms with Crippen LogP contribution < -0.4 is 5.32 Å². The minimum absolute atomic E-state index is 0.342. The number of hydrogen-bond donors (Lipinski definition) is 2. The number of carbonyl (C=O) groups is 2. The molecular weight excluding hydrogens is 294 g/mol. The van der Waals surface area contributed by atoms with Crippen molar-refractivity contribution in [2.24, 2.45) is 0 Å². The van der Waals surface area contributed by atoms with Crippen LogP contribution >= 0.6 is 0 Å². The van der Waals surface area contributed by atoms with Crippen molar-refractivity contribution in [3.63, 3.8) is 0 Å². The number of aryl methyl sites for hydroxylation is 1. The molecule has 2 N–H and O–H groups in total. The third-order valence-electron chi connectivity index (χ3n) is 4.21. The SMILES string of the molecule is Cc1ccccc1-n1nc(C(=O)NC(C)C(=O)O)c2c1CCC2. The quantitative estimate of drug-likeness (QED) is 0.902. The van der Waals surface area contributed by atoms with Gasteiger partial charge in [-0.3, -0.25) is 9.59 Å². The van der Waals surface area contributed by atoms with Crippen LogP contribution in [0.2, 0.25) is 0 Å². The van der Waals surface area contributed by atoms with Crippen molar-refractivity contribution in [1.82, 2.24) is 15.1 Å². The van der Waals surface area contributed by atoms with Gasteiger partial charge >= 0.3 is 5.97 Å². The Labute approximate surface area is 134 Å². The van der Waals surface area contributed by atoms with E-state index in [9.17, 15) is 9.59 Å². The normalized spacial score (nSPS) is 14.3. The summed E-state index contributed by atoms with van der Waals surface area (Å²) < 4.78 is 1.83. The fraction of sp³-hybridized carbons (Fsp3) is 0.353. The second kappa shape index (κ2) is 5.87. The summed E-state index contributed by atoms with van der Waals surface area (Å²) in [6.45, 7) is 3.45. The molecule has 1 heterocycles. The molecule has 1 aromatic carbocycles. The van der Waals surface area contributed by atoms with E-state index >= 15 is 0 Å². The average Bonchev–Trinajstić information content (AvgIpc) is 3.09. The highest BCUT2D eigenvalue weighted by molar-refractivity contribution is 5.96. The van der Waals surface area contributed by atoms with E-state index in [-0.39, 0.29) is 0 Å². The fourth-order valence-electron chi connectivity index (χ4n) is 2.95. The molecule has 0 fully saturated rings. The summed E-state index contributed by atoms with van der Waals surface area (Å²) in [6.07, 6.45) is 2.65. The second-order valence-corrected chi connectivity index (χ2v) is 5.86. The number of fused-ring (bicyclic) bond motifs is 1. The Morgan fingerprint density at radius 1 is 1.30 bits per heavy atom. The molecule has 0 radical (unpaired) electrons. The molecule has 6 heteroatoms. The average molecular weight is 313 g/mol. The third-order valence-corrected chi connectivity index (χ3v) is 4.21. The molecule has 1 atom stereocenters. The molecule has 1 aliphatic rings. The summed E-state index contributed by atoms with van der Waals surface area (Å²) in [4.78, 5) is 23.3. The molecule has 0 spiro atoms. The summed E-state index contributed by atoms with van der Waals surface area (Å²) in [5.74, 6) is -1.49. The molecule has 2 aromatic rings. The van der Waals surface area contributed by atoms with Crippen molar-refractivity contribution in [1.29, 1.82) is 0 Å². The van der Waals surface area contributed by atoms with Gasteiger partial charge in [-0.05, 0) is 44.7 Å². The van der Waals surface area contributed by atoms with Gasteiger partial charge in [-0.2, -0.15) is 5.10 Å². The number of hydrogen-bond acceptors (Lipinski definition) is 3. The van der Waals surface area contributed by atoms with Crippen molar-refractivity contribution in [2.75, 3.05) is 0 Å². The predicted molar refractivity (Wildman–Crippen MR) is 84.9 cm³/mol. The molecule has 1 aliphatic carbocycles. The molecule has 23 heavy (non-hydrogen) atoms. The number of rotatable bonds is 4. The fourth-order valence-corrected chi connectivity index (χ4v) is 2.95. The molecule has 1 unspecified atom stereocenters. The molecule has 0 aliphatic heterocycles. The molecule has 1 aromatic heterocycles.